The first-order chi connectivity index (χ1) is 14.2. The van der Waals surface area contributed by atoms with Gasteiger partial charge in [-0.25, -0.2) is 0 Å². The van der Waals surface area contributed by atoms with E-state index in [4.69, 9.17) is 9.15 Å². The summed E-state index contributed by atoms with van der Waals surface area (Å²) >= 11 is 0. The van der Waals surface area contributed by atoms with Gasteiger partial charge in [-0.3, -0.25) is 9.69 Å². The fraction of sp³-hybridized carbons (Fsp3) is 0.292. The van der Waals surface area contributed by atoms with Crippen LogP contribution in [0.2, 0.25) is 0 Å². The molecule has 0 spiro atoms. The molecule has 1 N–H and O–H groups in total. The van der Waals surface area contributed by atoms with Crippen molar-refractivity contribution in [3.05, 3.63) is 89.9 Å². The Bertz CT molecular complexity index is 857. The predicted octanol–water partition coefficient (Wildman–Crippen LogP) is 4.67. The van der Waals surface area contributed by atoms with E-state index >= 15 is 0 Å². The first kappa shape index (κ1) is 20.7. The van der Waals surface area contributed by atoms with Crippen molar-refractivity contribution in [1.29, 1.82) is 0 Å². The van der Waals surface area contributed by atoms with E-state index in [1.165, 1.54) is 0 Å². The van der Waals surface area contributed by atoms with Crippen molar-refractivity contribution in [3.63, 3.8) is 0 Å². The Hall–Kier alpha value is -3.05. The molecule has 152 valence electrons. The molecule has 0 radical (unpaired) electrons. The number of amides is 1. The number of hydrogen-bond acceptors (Lipinski definition) is 4. The summed E-state index contributed by atoms with van der Waals surface area (Å²) in [6.45, 7) is 6.94. The van der Waals surface area contributed by atoms with Gasteiger partial charge in [0, 0.05) is 12.1 Å². The van der Waals surface area contributed by atoms with E-state index in [0.717, 1.165) is 30.2 Å². The third-order valence-electron chi connectivity index (χ3n) is 4.95. The molecular formula is C24H28N2O3. The molecule has 2 aromatic carbocycles. The summed E-state index contributed by atoms with van der Waals surface area (Å²) in [4.78, 5) is 14.9. The molecule has 1 heterocycles. The fourth-order valence-corrected chi connectivity index (χ4v) is 3.28. The molecule has 0 saturated heterocycles. The van der Waals surface area contributed by atoms with Gasteiger partial charge in [-0.1, -0.05) is 44.2 Å². The van der Waals surface area contributed by atoms with Gasteiger partial charge in [-0.2, -0.15) is 0 Å². The molecule has 5 nitrogen and oxygen atoms in total. The number of ether oxygens (including phenoxy) is 1. The molecule has 0 aliphatic rings. The van der Waals surface area contributed by atoms with Crippen LogP contribution in [0.15, 0.2) is 77.4 Å². The lowest BCUT2D eigenvalue weighted by Gasteiger charge is -2.28. The summed E-state index contributed by atoms with van der Waals surface area (Å²) < 4.78 is 11.3. The minimum Gasteiger partial charge on any atom is -0.489 e. The Kier molecular flexibility index (Phi) is 7.47. The number of nitrogens with zero attached hydrogens (tertiary/aromatic N) is 1. The van der Waals surface area contributed by atoms with Crippen molar-refractivity contribution in [2.24, 2.45) is 0 Å². The quantitative estimate of drug-likeness (QED) is 0.545. The molecular weight excluding hydrogens is 364 g/mol. The molecule has 1 aromatic heterocycles. The van der Waals surface area contributed by atoms with Gasteiger partial charge in [-0.05, 0) is 55.1 Å². The van der Waals surface area contributed by atoms with Gasteiger partial charge in [-0.15, -0.1) is 0 Å². The zero-order valence-electron chi connectivity index (χ0n) is 17.0. The number of para-hydroxylation sites is 1. The molecule has 1 amide bonds. The smallest absolute Gasteiger partial charge is 0.251 e. The Morgan fingerprint density at radius 1 is 1.00 bits per heavy atom. The number of carbonyl (C=O) groups is 1. The lowest BCUT2D eigenvalue weighted by molar-refractivity contribution is 0.0929. The van der Waals surface area contributed by atoms with Crippen molar-refractivity contribution in [2.75, 3.05) is 19.6 Å². The molecule has 1 unspecified atom stereocenters. The zero-order valence-corrected chi connectivity index (χ0v) is 17.0. The maximum atomic E-state index is 12.6. The second-order valence-electron chi connectivity index (χ2n) is 6.76. The molecule has 29 heavy (non-hydrogen) atoms. The third-order valence-corrected chi connectivity index (χ3v) is 4.95. The molecule has 0 saturated carbocycles. The first-order valence-corrected chi connectivity index (χ1v) is 10.0. The van der Waals surface area contributed by atoms with E-state index in [1.54, 1.807) is 6.26 Å². The molecule has 1 atom stereocenters. The third kappa shape index (κ3) is 5.72. The van der Waals surface area contributed by atoms with Gasteiger partial charge in [0.15, 0.2) is 0 Å². The summed E-state index contributed by atoms with van der Waals surface area (Å²) in [5.41, 5.74) is 1.65. The average molecular weight is 392 g/mol. The predicted molar refractivity (Wildman–Crippen MR) is 114 cm³/mol. The number of hydrogen-bond donors (Lipinski definition) is 1. The van der Waals surface area contributed by atoms with Gasteiger partial charge >= 0.3 is 0 Å². The van der Waals surface area contributed by atoms with Crippen molar-refractivity contribution in [2.45, 2.75) is 26.5 Å². The van der Waals surface area contributed by atoms with Crippen LogP contribution < -0.4 is 10.1 Å². The van der Waals surface area contributed by atoms with Gasteiger partial charge < -0.3 is 14.5 Å². The van der Waals surface area contributed by atoms with E-state index in [1.807, 2.05) is 66.7 Å². The van der Waals surface area contributed by atoms with Crippen LogP contribution in [0.3, 0.4) is 0 Å². The van der Waals surface area contributed by atoms with E-state index in [0.29, 0.717) is 18.7 Å². The highest BCUT2D eigenvalue weighted by Crippen LogP contribution is 2.20. The van der Waals surface area contributed by atoms with Crippen LogP contribution in [0.4, 0.5) is 0 Å². The highest BCUT2D eigenvalue weighted by atomic mass is 16.5. The van der Waals surface area contributed by atoms with Crippen molar-refractivity contribution < 1.29 is 13.9 Å². The number of nitrogens with one attached hydrogen (secondary N) is 1. The van der Waals surface area contributed by atoms with Crippen molar-refractivity contribution >= 4 is 5.91 Å². The summed E-state index contributed by atoms with van der Waals surface area (Å²) in [7, 11) is 0. The molecule has 0 fully saturated rings. The highest BCUT2D eigenvalue weighted by molar-refractivity contribution is 5.94. The Balaban J connectivity index is 1.57. The van der Waals surface area contributed by atoms with Crippen LogP contribution in [0.1, 0.15) is 41.6 Å². The van der Waals surface area contributed by atoms with Crippen LogP contribution in [0.25, 0.3) is 0 Å². The van der Waals surface area contributed by atoms with Gasteiger partial charge in [0.2, 0.25) is 0 Å². The summed E-state index contributed by atoms with van der Waals surface area (Å²) in [5, 5.41) is 3.04. The van der Waals surface area contributed by atoms with Crippen molar-refractivity contribution in [3.8, 4) is 5.75 Å². The standard InChI is InChI=1S/C24H28N2O3/c1-3-26(4-2)22(23-11-8-16-28-23)17-25-24(27)20-14-12-19(13-15-20)18-29-21-9-6-5-7-10-21/h5-16,22H,3-4,17-18H2,1-2H3,(H,25,27). The van der Waals surface area contributed by atoms with E-state index in [9.17, 15) is 4.79 Å². The van der Waals surface area contributed by atoms with E-state index in [-0.39, 0.29) is 11.9 Å². The fourth-order valence-electron chi connectivity index (χ4n) is 3.28. The molecule has 3 rings (SSSR count). The number of rotatable bonds is 10. The van der Waals surface area contributed by atoms with Crippen LogP contribution >= 0.6 is 0 Å². The minimum atomic E-state index is -0.0933. The van der Waals surface area contributed by atoms with Crippen LogP contribution in [-0.4, -0.2) is 30.4 Å². The maximum Gasteiger partial charge on any atom is 0.251 e. The van der Waals surface area contributed by atoms with Crippen molar-refractivity contribution in [1.82, 2.24) is 10.2 Å². The molecule has 0 aliphatic carbocycles. The molecule has 5 heteroatoms. The summed E-state index contributed by atoms with van der Waals surface area (Å²) in [5.74, 6) is 1.60. The monoisotopic (exact) mass is 392 g/mol. The largest absolute Gasteiger partial charge is 0.489 e. The summed E-state index contributed by atoms with van der Waals surface area (Å²) in [6.07, 6.45) is 1.67. The molecule has 3 aromatic rings. The average Bonchev–Trinajstić information content (AvgIpc) is 3.30. The lowest BCUT2D eigenvalue weighted by atomic mass is 10.1. The highest BCUT2D eigenvalue weighted by Gasteiger charge is 2.21. The van der Waals surface area contributed by atoms with Gasteiger partial charge in [0.1, 0.15) is 18.1 Å². The number of benzene rings is 2. The second kappa shape index (κ2) is 10.5. The zero-order chi connectivity index (χ0) is 20.5. The SMILES string of the molecule is CCN(CC)C(CNC(=O)c1ccc(COc2ccccc2)cc1)c1ccco1. The topological polar surface area (TPSA) is 54.7 Å². The number of carbonyl (C=O) groups excluding carboxylic acids is 1. The van der Waals surface area contributed by atoms with Gasteiger partial charge in [0.05, 0.1) is 12.3 Å². The van der Waals surface area contributed by atoms with Crippen LogP contribution in [0, 0.1) is 0 Å². The Labute approximate surface area is 172 Å². The first-order valence-electron chi connectivity index (χ1n) is 10.0. The normalized spacial score (nSPS) is 12.0. The van der Waals surface area contributed by atoms with Crippen LogP contribution in [-0.2, 0) is 6.61 Å². The Morgan fingerprint density at radius 3 is 2.34 bits per heavy atom. The van der Waals surface area contributed by atoms with E-state index < -0.39 is 0 Å². The Morgan fingerprint density at radius 2 is 1.72 bits per heavy atom. The molecule has 0 bridgehead atoms. The molecule has 0 aliphatic heterocycles. The van der Waals surface area contributed by atoms with E-state index in [2.05, 4.69) is 24.1 Å². The maximum absolute atomic E-state index is 12.6. The lowest BCUT2D eigenvalue weighted by Crippen LogP contribution is -2.37. The van der Waals surface area contributed by atoms with Crippen LogP contribution in [0.5, 0.6) is 5.75 Å². The van der Waals surface area contributed by atoms with Gasteiger partial charge in [0.25, 0.3) is 5.91 Å². The minimum absolute atomic E-state index is 0.0162. The summed E-state index contributed by atoms with van der Waals surface area (Å²) in [6, 6.07) is 21.0. The number of furan rings is 1. The second-order valence-corrected chi connectivity index (χ2v) is 6.76. The number of likely N-dealkylation sites (N-methyl/N-ethyl adjacent to an activating group) is 1.